The van der Waals surface area contributed by atoms with Crippen molar-refractivity contribution in [3.8, 4) is 12.3 Å². The zero-order valence-electron chi connectivity index (χ0n) is 9.43. The van der Waals surface area contributed by atoms with E-state index in [1.807, 2.05) is 0 Å². The maximum atomic E-state index is 11.9. The summed E-state index contributed by atoms with van der Waals surface area (Å²) in [5.41, 5.74) is 0. The molecule has 0 radical (unpaired) electrons. The summed E-state index contributed by atoms with van der Waals surface area (Å²) in [4.78, 5) is 0. The first-order valence-electron chi connectivity index (χ1n) is 5.62. The molecule has 0 aliphatic heterocycles. The summed E-state index contributed by atoms with van der Waals surface area (Å²) in [6.07, 6.45) is 8.40. The van der Waals surface area contributed by atoms with Crippen LogP contribution in [-0.2, 0) is 10.0 Å². The van der Waals surface area contributed by atoms with E-state index in [-0.39, 0.29) is 18.9 Å². The number of nitrogens with zero attached hydrogens (tertiary/aromatic N) is 1. The van der Waals surface area contributed by atoms with E-state index in [0.717, 1.165) is 12.8 Å². The van der Waals surface area contributed by atoms with E-state index >= 15 is 0 Å². The lowest BCUT2D eigenvalue weighted by atomic mass is 10.4. The molecule has 0 amide bonds. The molecular formula is C11H19NO3S. The van der Waals surface area contributed by atoms with Crippen LogP contribution < -0.4 is 0 Å². The summed E-state index contributed by atoms with van der Waals surface area (Å²) >= 11 is 0. The quantitative estimate of drug-likeness (QED) is 0.498. The molecule has 0 aromatic heterocycles. The third-order valence-electron chi connectivity index (χ3n) is 2.63. The fourth-order valence-corrected chi connectivity index (χ4v) is 3.03. The molecule has 1 N–H and O–H groups in total. The Morgan fingerprint density at radius 1 is 1.38 bits per heavy atom. The average molecular weight is 245 g/mol. The molecule has 92 valence electrons. The lowest BCUT2D eigenvalue weighted by molar-refractivity contribution is 0.287. The monoisotopic (exact) mass is 245 g/mol. The number of unbranched alkanes of at least 4 members (excludes halogenated alkanes) is 1. The summed E-state index contributed by atoms with van der Waals surface area (Å²) in [5, 5.41) is 8.62. The molecule has 16 heavy (non-hydrogen) atoms. The van der Waals surface area contributed by atoms with Crippen LogP contribution in [0.25, 0.3) is 0 Å². The minimum atomic E-state index is -3.23. The molecule has 4 nitrogen and oxygen atoms in total. The Morgan fingerprint density at radius 3 is 2.56 bits per heavy atom. The van der Waals surface area contributed by atoms with Crippen molar-refractivity contribution in [2.45, 2.75) is 25.7 Å². The number of terminal acetylenes is 1. The van der Waals surface area contributed by atoms with Crippen LogP contribution in [0.2, 0.25) is 0 Å². The van der Waals surface area contributed by atoms with Gasteiger partial charge in [0, 0.05) is 13.2 Å². The van der Waals surface area contributed by atoms with E-state index in [2.05, 4.69) is 5.92 Å². The van der Waals surface area contributed by atoms with Crippen molar-refractivity contribution in [1.82, 2.24) is 4.31 Å². The van der Waals surface area contributed by atoms with Gasteiger partial charge in [0.2, 0.25) is 10.0 Å². The predicted octanol–water partition coefficient (Wildman–Crippen LogP) is 0.434. The van der Waals surface area contributed by atoms with E-state index in [1.54, 1.807) is 0 Å². The second kappa shape index (κ2) is 6.24. The Morgan fingerprint density at radius 2 is 2.06 bits per heavy atom. The summed E-state index contributed by atoms with van der Waals surface area (Å²) in [6.45, 7) is 0.761. The Bertz CT molecular complexity index is 341. The fourth-order valence-electron chi connectivity index (χ4n) is 1.49. The second-order valence-corrected chi connectivity index (χ2v) is 6.28. The fraction of sp³-hybridized carbons (Fsp3) is 0.818. The van der Waals surface area contributed by atoms with Gasteiger partial charge in [0.1, 0.15) is 0 Å². The van der Waals surface area contributed by atoms with Gasteiger partial charge in [0.25, 0.3) is 0 Å². The first kappa shape index (κ1) is 13.5. The largest absolute Gasteiger partial charge is 0.396 e. The van der Waals surface area contributed by atoms with E-state index in [9.17, 15) is 8.42 Å². The Hall–Kier alpha value is -0.570. The van der Waals surface area contributed by atoms with Crippen molar-refractivity contribution in [2.24, 2.45) is 5.92 Å². The van der Waals surface area contributed by atoms with E-state index in [4.69, 9.17) is 11.5 Å². The van der Waals surface area contributed by atoms with Crippen molar-refractivity contribution in [1.29, 1.82) is 0 Å². The molecule has 0 heterocycles. The smallest absolute Gasteiger partial charge is 0.214 e. The van der Waals surface area contributed by atoms with E-state index in [1.165, 1.54) is 4.31 Å². The number of aliphatic hydroxyl groups excluding tert-OH is 1. The number of aliphatic hydroxyl groups is 1. The number of hydrogen-bond donors (Lipinski definition) is 1. The van der Waals surface area contributed by atoms with Gasteiger partial charge in [-0.2, -0.15) is 4.31 Å². The van der Waals surface area contributed by atoms with Crippen LogP contribution in [0.1, 0.15) is 25.7 Å². The molecule has 1 aliphatic carbocycles. The van der Waals surface area contributed by atoms with Crippen LogP contribution in [0.15, 0.2) is 0 Å². The molecule has 0 spiro atoms. The minimum absolute atomic E-state index is 0.0350. The highest BCUT2D eigenvalue weighted by molar-refractivity contribution is 7.89. The van der Waals surface area contributed by atoms with Crippen molar-refractivity contribution < 1.29 is 13.5 Å². The molecule has 5 heteroatoms. The Kier molecular flexibility index (Phi) is 5.26. The van der Waals surface area contributed by atoms with E-state index in [0.29, 0.717) is 25.3 Å². The first-order chi connectivity index (χ1) is 7.60. The van der Waals surface area contributed by atoms with Gasteiger partial charge in [-0.25, -0.2) is 8.42 Å². The normalized spacial score (nSPS) is 16.3. The van der Waals surface area contributed by atoms with Gasteiger partial charge in [0.05, 0.1) is 12.3 Å². The topological polar surface area (TPSA) is 57.6 Å². The average Bonchev–Trinajstić information content (AvgIpc) is 3.01. The minimum Gasteiger partial charge on any atom is -0.396 e. The summed E-state index contributed by atoms with van der Waals surface area (Å²) in [5.74, 6) is 2.98. The van der Waals surface area contributed by atoms with Crippen molar-refractivity contribution in [3.05, 3.63) is 0 Å². The molecular weight excluding hydrogens is 226 g/mol. The third-order valence-corrected chi connectivity index (χ3v) is 4.50. The van der Waals surface area contributed by atoms with Crippen LogP contribution in [0.5, 0.6) is 0 Å². The molecule has 0 unspecified atom stereocenters. The molecule has 0 atom stereocenters. The predicted molar refractivity (Wildman–Crippen MR) is 63.2 cm³/mol. The second-order valence-electron chi connectivity index (χ2n) is 4.19. The molecule has 1 saturated carbocycles. The van der Waals surface area contributed by atoms with Crippen LogP contribution in [0.3, 0.4) is 0 Å². The lowest BCUT2D eigenvalue weighted by Gasteiger charge is -2.19. The van der Waals surface area contributed by atoms with Crippen LogP contribution in [-0.4, -0.2) is 43.3 Å². The molecule has 1 aliphatic rings. The highest BCUT2D eigenvalue weighted by Crippen LogP contribution is 2.30. The van der Waals surface area contributed by atoms with E-state index < -0.39 is 10.0 Å². The molecule has 0 bridgehead atoms. The SMILES string of the molecule is C#CCN(CC1CC1)S(=O)(=O)CCCCO. The van der Waals surface area contributed by atoms with Gasteiger partial charge >= 0.3 is 0 Å². The van der Waals surface area contributed by atoms with Gasteiger partial charge in [-0.3, -0.25) is 0 Å². The zero-order chi connectivity index (χ0) is 12.0. The third kappa shape index (κ3) is 4.52. The standard InChI is InChI=1S/C11H19NO3S/c1-2-7-12(10-11-5-6-11)16(14,15)9-4-3-8-13/h1,11,13H,3-10H2. The molecule has 0 saturated heterocycles. The summed E-state index contributed by atoms with van der Waals surface area (Å²) < 4.78 is 25.2. The van der Waals surface area contributed by atoms with Crippen molar-refractivity contribution in [2.75, 3.05) is 25.4 Å². The molecule has 1 rings (SSSR count). The van der Waals surface area contributed by atoms with Crippen LogP contribution in [0, 0.1) is 18.3 Å². The number of sulfonamides is 1. The van der Waals surface area contributed by atoms with Gasteiger partial charge in [-0.15, -0.1) is 6.42 Å². The van der Waals surface area contributed by atoms with Gasteiger partial charge in [0.15, 0.2) is 0 Å². The number of rotatable bonds is 8. The van der Waals surface area contributed by atoms with Gasteiger partial charge in [-0.1, -0.05) is 5.92 Å². The summed E-state index contributed by atoms with van der Waals surface area (Å²) in [6, 6.07) is 0. The van der Waals surface area contributed by atoms with Crippen LogP contribution >= 0.6 is 0 Å². The molecule has 0 aromatic carbocycles. The van der Waals surface area contributed by atoms with Crippen molar-refractivity contribution in [3.63, 3.8) is 0 Å². The van der Waals surface area contributed by atoms with Gasteiger partial charge in [-0.05, 0) is 31.6 Å². The maximum Gasteiger partial charge on any atom is 0.214 e. The highest BCUT2D eigenvalue weighted by Gasteiger charge is 2.29. The van der Waals surface area contributed by atoms with Crippen LogP contribution in [0.4, 0.5) is 0 Å². The Balaban J connectivity index is 2.49. The highest BCUT2D eigenvalue weighted by atomic mass is 32.2. The molecule has 1 fully saturated rings. The maximum absolute atomic E-state index is 11.9. The number of hydrogen-bond acceptors (Lipinski definition) is 3. The van der Waals surface area contributed by atoms with Crippen molar-refractivity contribution >= 4 is 10.0 Å². The lowest BCUT2D eigenvalue weighted by Crippen LogP contribution is -2.35. The van der Waals surface area contributed by atoms with Gasteiger partial charge < -0.3 is 5.11 Å². The zero-order valence-corrected chi connectivity index (χ0v) is 10.2. The molecule has 0 aromatic rings. The summed E-state index contributed by atoms with van der Waals surface area (Å²) in [7, 11) is -3.23. The first-order valence-corrected chi connectivity index (χ1v) is 7.23. The Labute approximate surface area is 97.7 Å².